The molecule has 130 valence electrons. The molecule has 0 atom stereocenters. The first-order valence-corrected chi connectivity index (χ1v) is 8.89. The van der Waals surface area contributed by atoms with Crippen molar-refractivity contribution in [2.45, 2.75) is 44.7 Å². The van der Waals surface area contributed by atoms with Crippen molar-refractivity contribution in [1.29, 1.82) is 0 Å². The molecule has 1 saturated carbocycles. The van der Waals surface area contributed by atoms with Crippen molar-refractivity contribution >= 4 is 17.1 Å². The van der Waals surface area contributed by atoms with Gasteiger partial charge in [0.15, 0.2) is 5.65 Å². The molecule has 0 aliphatic heterocycles. The highest BCUT2D eigenvalue weighted by Gasteiger charge is 2.20. The van der Waals surface area contributed by atoms with Crippen LogP contribution in [-0.2, 0) is 6.54 Å². The van der Waals surface area contributed by atoms with Crippen LogP contribution in [-0.4, -0.2) is 36.8 Å². The second-order valence-electron chi connectivity index (χ2n) is 6.54. The third kappa shape index (κ3) is 3.40. The van der Waals surface area contributed by atoms with E-state index >= 15 is 0 Å². The van der Waals surface area contributed by atoms with Crippen LogP contribution in [0, 0.1) is 0 Å². The van der Waals surface area contributed by atoms with Crippen LogP contribution in [0.3, 0.4) is 0 Å². The fraction of sp³-hybridized carbons (Fsp3) is 0.444. The Kier molecular flexibility index (Phi) is 4.45. The molecule has 1 aliphatic carbocycles. The number of fused-ring (bicyclic) bond motifs is 1. The second-order valence-corrected chi connectivity index (χ2v) is 6.54. The standard InChI is InChI=1S/C18H22N6O/c25-18(19-7-3-9-23-10-4-8-22-23)14-11-16-17(20-12-14)24(13-21-16)15-5-1-2-6-15/h4,8,10-13,15H,1-3,5-7,9H2,(H,19,25). The van der Waals surface area contributed by atoms with E-state index in [1.807, 2.05) is 29.3 Å². The Morgan fingerprint density at radius 2 is 2.16 bits per heavy atom. The van der Waals surface area contributed by atoms with Crippen molar-refractivity contribution in [3.63, 3.8) is 0 Å². The topological polar surface area (TPSA) is 77.6 Å². The minimum Gasteiger partial charge on any atom is -0.352 e. The summed E-state index contributed by atoms with van der Waals surface area (Å²) in [6.45, 7) is 1.39. The smallest absolute Gasteiger partial charge is 0.252 e. The number of hydrogen-bond acceptors (Lipinski definition) is 4. The number of amides is 1. The lowest BCUT2D eigenvalue weighted by molar-refractivity contribution is 0.0952. The molecule has 7 heteroatoms. The van der Waals surface area contributed by atoms with Crippen LogP contribution in [0.2, 0.25) is 0 Å². The van der Waals surface area contributed by atoms with Crippen LogP contribution in [0.25, 0.3) is 11.2 Å². The Balaban J connectivity index is 1.38. The van der Waals surface area contributed by atoms with Gasteiger partial charge in [0.25, 0.3) is 5.91 Å². The van der Waals surface area contributed by atoms with Gasteiger partial charge in [0.1, 0.15) is 5.52 Å². The molecule has 0 unspecified atom stereocenters. The summed E-state index contributed by atoms with van der Waals surface area (Å²) in [7, 11) is 0. The monoisotopic (exact) mass is 338 g/mol. The van der Waals surface area contributed by atoms with E-state index in [-0.39, 0.29) is 5.91 Å². The van der Waals surface area contributed by atoms with Crippen molar-refractivity contribution in [3.8, 4) is 0 Å². The van der Waals surface area contributed by atoms with E-state index in [0.29, 0.717) is 18.2 Å². The summed E-state index contributed by atoms with van der Waals surface area (Å²) >= 11 is 0. The van der Waals surface area contributed by atoms with Gasteiger partial charge in [-0.05, 0) is 31.4 Å². The van der Waals surface area contributed by atoms with E-state index in [9.17, 15) is 4.79 Å². The number of nitrogens with zero attached hydrogens (tertiary/aromatic N) is 5. The molecule has 0 radical (unpaired) electrons. The normalized spacial score (nSPS) is 15.0. The van der Waals surface area contributed by atoms with Gasteiger partial charge in [-0.2, -0.15) is 5.10 Å². The fourth-order valence-electron chi connectivity index (χ4n) is 3.47. The van der Waals surface area contributed by atoms with E-state index in [0.717, 1.165) is 24.1 Å². The predicted octanol–water partition coefficient (Wildman–Crippen LogP) is 2.56. The van der Waals surface area contributed by atoms with Crippen molar-refractivity contribution in [3.05, 3.63) is 42.6 Å². The van der Waals surface area contributed by atoms with Gasteiger partial charge < -0.3 is 9.88 Å². The summed E-state index contributed by atoms with van der Waals surface area (Å²) < 4.78 is 4.02. The predicted molar refractivity (Wildman–Crippen MR) is 94.2 cm³/mol. The number of nitrogens with one attached hydrogen (secondary N) is 1. The first kappa shape index (κ1) is 15.8. The fourth-order valence-corrected chi connectivity index (χ4v) is 3.47. The molecule has 25 heavy (non-hydrogen) atoms. The average Bonchev–Trinajstić information content (AvgIpc) is 3.38. The molecule has 1 aliphatic rings. The van der Waals surface area contributed by atoms with Gasteiger partial charge in [0.05, 0.1) is 11.9 Å². The molecule has 1 fully saturated rings. The van der Waals surface area contributed by atoms with Gasteiger partial charge in [-0.1, -0.05) is 12.8 Å². The van der Waals surface area contributed by atoms with Crippen LogP contribution in [0.1, 0.15) is 48.5 Å². The van der Waals surface area contributed by atoms with E-state index in [4.69, 9.17) is 0 Å². The molecule has 7 nitrogen and oxygen atoms in total. The Bertz CT molecular complexity index is 848. The molecule has 3 heterocycles. The molecule has 0 bridgehead atoms. The lowest BCUT2D eigenvalue weighted by atomic mass is 10.2. The molecule has 3 aromatic heterocycles. The number of rotatable bonds is 6. The molecule has 0 saturated heterocycles. The summed E-state index contributed by atoms with van der Waals surface area (Å²) in [6, 6.07) is 4.22. The lowest BCUT2D eigenvalue weighted by Gasteiger charge is -2.11. The largest absolute Gasteiger partial charge is 0.352 e. The van der Waals surface area contributed by atoms with Gasteiger partial charge in [-0.3, -0.25) is 9.48 Å². The summed E-state index contributed by atoms with van der Waals surface area (Å²) in [6.07, 6.45) is 12.9. The highest BCUT2D eigenvalue weighted by atomic mass is 16.1. The maximum Gasteiger partial charge on any atom is 0.252 e. The number of carbonyl (C=O) groups is 1. The number of aromatic nitrogens is 5. The maximum absolute atomic E-state index is 12.3. The summed E-state index contributed by atoms with van der Waals surface area (Å²) in [5, 5.41) is 7.08. The van der Waals surface area contributed by atoms with Crippen LogP contribution < -0.4 is 5.32 Å². The summed E-state index contributed by atoms with van der Waals surface area (Å²) in [5.41, 5.74) is 2.22. The van der Waals surface area contributed by atoms with Crippen molar-refractivity contribution in [2.75, 3.05) is 6.54 Å². The van der Waals surface area contributed by atoms with Crippen molar-refractivity contribution in [2.24, 2.45) is 0 Å². The molecule has 0 spiro atoms. The molecular formula is C18H22N6O. The summed E-state index contributed by atoms with van der Waals surface area (Å²) in [5.74, 6) is -0.106. The number of pyridine rings is 1. The molecular weight excluding hydrogens is 316 g/mol. The molecule has 0 aromatic carbocycles. The first-order chi connectivity index (χ1) is 12.3. The molecule has 4 rings (SSSR count). The zero-order valence-electron chi connectivity index (χ0n) is 14.1. The van der Waals surface area contributed by atoms with Crippen molar-refractivity contribution in [1.82, 2.24) is 29.6 Å². The molecule has 1 N–H and O–H groups in total. The van der Waals surface area contributed by atoms with E-state index in [1.54, 1.807) is 12.4 Å². The van der Waals surface area contributed by atoms with Crippen LogP contribution in [0.5, 0.6) is 0 Å². The highest BCUT2D eigenvalue weighted by molar-refractivity contribution is 5.96. The number of aryl methyl sites for hydroxylation is 1. The zero-order chi connectivity index (χ0) is 17.1. The maximum atomic E-state index is 12.3. The molecule has 1 amide bonds. The van der Waals surface area contributed by atoms with Gasteiger partial charge in [-0.25, -0.2) is 9.97 Å². The second kappa shape index (κ2) is 7.04. The number of hydrogen-bond donors (Lipinski definition) is 1. The van der Waals surface area contributed by atoms with E-state index in [2.05, 4.69) is 25.0 Å². The summed E-state index contributed by atoms with van der Waals surface area (Å²) in [4.78, 5) is 21.3. The van der Waals surface area contributed by atoms with Crippen molar-refractivity contribution < 1.29 is 4.79 Å². The number of carbonyl (C=O) groups excluding carboxylic acids is 1. The Labute approximate surface area is 146 Å². The Morgan fingerprint density at radius 1 is 1.28 bits per heavy atom. The minimum atomic E-state index is -0.106. The number of imidazole rings is 1. The van der Waals surface area contributed by atoms with Crippen LogP contribution in [0.15, 0.2) is 37.1 Å². The molecule has 3 aromatic rings. The third-order valence-corrected chi connectivity index (χ3v) is 4.80. The van der Waals surface area contributed by atoms with Gasteiger partial charge in [0, 0.05) is 37.7 Å². The Morgan fingerprint density at radius 3 is 2.96 bits per heavy atom. The minimum absolute atomic E-state index is 0.106. The van der Waals surface area contributed by atoms with E-state index in [1.165, 1.54) is 25.7 Å². The zero-order valence-corrected chi connectivity index (χ0v) is 14.1. The average molecular weight is 338 g/mol. The van der Waals surface area contributed by atoms with Gasteiger partial charge in [-0.15, -0.1) is 0 Å². The first-order valence-electron chi connectivity index (χ1n) is 8.89. The quantitative estimate of drug-likeness (QED) is 0.701. The highest BCUT2D eigenvalue weighted by Crippen LogP contribution is 2.31. The Hall–Kier alpha value is -2.70. The SMILES string of the molecule is O=C(NCCCn1cccn1)c1cnc2c(c1)ncn2C1CCCC1. The van der Waals surface area contributed by atoms with Gasteiger partial charge >= 0.3 is 0 Å². The lowest BCUT2D eigenvalue weighted by Crippen LogP contribution is -2.25. The van der Waals surface area contributed by atoms with Crippen LogP contribution in [0.4, 0.5) is 0 Å². The van der Waals surface area contributed by atoms with Gasteiger partial charge in [0.2, 0.25) is 0 Å². The third-order valence-electron chi connectivity index (χ3n) is 4.80. The van der Waals surface area contributed by atoms with E-state index < -0.39 is 0 Å². The van der Waals surface area contributed by atoms with Crippen LogP contribution >= 0.6 is 0 Å².